The highest BCUT2D eigenvalue weighted by atomic mass is 16.5. The normalized spacial score (nSPS) is 19.6. The van der Waals surface area contributed by atoms with E-state index in [4.69, 9.17) is 18.9 Å². The molecule has 0 radical (unpaired) electrons. The molecule has 2 aromatic carbocycles. The molecule has 2 aliphatic rings. The number of allylic oxidation sites excluding steroid dienone is 3. The molecule has 0 fully saturated rings. The van der Waals surface area contributed by atoms with Gasteiger partial charge in [-0.3, -0.25) is 4.79 Å². The molecule has 0 unspecified atom stereocenters. The molecule has 0 aromatic heterocycles. The van der Waals surface area contributed by atoms with Crippen molar-refractivity contribution >= 4 is 11.8 Å². The number of carbonyl (C=O) groups is 2. The van der Waals surface area contributed by atoms with Gasteiger partial charge in [0.1, 0.15) is 0 Å². The van der Waals surface area contributed by atoms with Gasteiger partial charge in [0.15, 0.2) is 28.8 Å². The van der Waals surface area contributed by atoms with Crippen molar-refractivity contribution in [3.63, 3.8) is 0 Å². The first-order valence-electron chi connectivity index (χ1n) is 11.2. The third-order valence-corrected chi connectivity index (χ3v) is 6.65. The Hall–Kier alpha value is -3.94. The molecule has 0 saturated carbocycles. The second-order valence-corrected chi connectivity index (χ2v) is 8.55. The number of ether oxygens (including phenoxy) is 4. The quantitative estimate of drug-likeness (QED) is 0.601. The van der Waals surface area contributed by atoms with Crippen molar-refractivity contribution in [3.05, 3.63) is 70.1 Å². The van der Waals surface area contributed by atoms with Crippen molar-refractivity contribution in [3.8, 4) is 23.0 Å². The van der Waals surface area contributed by atoms with Crippen molar-refractivity contribution in [1.82, 2.24) is 5.32 Å². The molecule has 1 aliphatic carbocycles. The number of ketones is 1. The van der Waals surface area contributed by atoms with Gasteiger partial charge in [-0.25, -0.2) is 4.79 Å². The van der Waals surface area contributed by atoms with Gasteiger partial charge < -0.3 is 29.4 Å². The fourth-order valence-electron chi connectivity index (χ4n) is 4.97. The predicted molar refractivity (Wildman–Crippen MR) is 129 cm³/mol. The van der Waals surface area contributed by atoms with Crippen LogP contribution in [0.3, 0.4) is 0 Å². The van der Waals surface area contributed by atoms with Crippen molar-refractivity contribution in [2.45, 2.75) is 31.6 Å². The molecule has 0 saturated heterocycles. The van der Waals surface area contributed by atoms with Gasteiger partial charge in [-0.1, -0.05) is 12.1 Å². The standard InChI is InChI=1S/C27H29NO7/c1-14-24(27(31)35-5)25(16-6-8-19(29)22(13-16)33-3)26-18(28-14)10-17(11-20(26)30)15-7-9-21(32-2)23(12-15)34-4/h6-9,12-13,17,25,28-29H,10-11H2,1-5H3/t17-,25-/m0/s1. The zero-order chi connectivity index (χ0) is 25.3. The van der Waals surface area contributed by atoms with Gasteiger partial charge in [-0.15, -0.1) is 0 Å². The minimum atomic E-state index is -0.646. The first-order valence-corrected chi connectivity index (χ1v) is 11.2. The maximum absolute atomic E-state index is 13.6. The van der Waals surface area contributed by atoms with E-state index in [2.05, 4.69) is 5.32 Å². The number of benzene rings is 2. The lowest BCUT2D eigenvalue weighted by atomic mass is 9.71. The minimum absolute atomic E-state index is 0.0248. The SMILES string of the molecule is COC(=O)C1=C(C)NC2=C(C(=O)C[C@@H](c3ccc(OC)c(OC)c3)C2)[C@H]1c1ccc(O)c(OC)c1. The largest absolute Gasteiger partial charge is 0.504 e. The molecule has 0 spiro atoms. The fraction of sp³-hybridized carbons (Fsp3) is 0.333. The molecular formula is C27H29NO7. The van der Waals surface area contributed by atoms with Crippen LogP contribution in [0.25, 0.3) is 0 Å². The Morgan fingerprint density at radius 1 is 0.914 bits per heavy atom. The lowest BCUT2D eigenvalue weighted by molar-refractivity contribution is -0.136. The molecule has 4 rings (SSSR count). The number of carbonyl (C=O) groups excluding carboxylic acids is 2. The van der Waals surface area contributed by atoms with Crippen molar-refractivity contribution in [2.24, 2.45) is 0 Å². The number of hydrogen-bond donors (Lipinski definition) is 2. The number of Topliss-reactive ketones (excluding diaryl/α,β-unsaturated/α-hetero) is 1. The number of methoxy groups -OCH3 is 4. The van der Waals surface area contributed by atoms with Crippen molar-refractivity contribution < 1.29 is 33.6 Å². The number of phenols is 1. The van der Waals surface area contributed by atoms with E-state index in [0.717, 1.165) is 11.3 Å². The van der Waals surface area contributed by atoms with Gasteiger partial charge in [0.05, 0.1) is 34.0 Å². The first-order chi connectivity index (χ1) is 16.8. The Kier molecular flexibility index (Phi) is 6.73. The molecule has 184 valence electrons. The second-order valence-electron chi connectivity index (χ2n) is 8.55. The Morgan fingerprint density at radius 2 is 1.57 bits per heavy atom. The summed E-state index contributed by atoms with van der Waals surface area (Å²) >= 11 is 0. The van der Waals surface area contributed by atoms with Crippen LogP contribution < -0.4 is 19.5 Å². The Balaban J connectivity index is 1.80. The molecule has 8 nitrogen and oxygen atoms in total. The smallest absolute Gasteiger partial charge is 0.336 e. The summed E-state index contributed by atoms with van der Waals surface area (Å²) in [6.07, 6.45) is 0.850. The lowest BCUT2D eigenvalue weighted by Gasteiger charge is -2.36. The number of phenolic OH excluding ortho intramolecular Hbond substituents is 1. The lowest BCUT2D eigenvalue weighted by Crippen LogP contribution is -2.36. The Morgan fingerprint density at radius 3 is 2.23 bits per heavy atom. The molecule has 2 atom stereocenters. The van der Waals surface area contributed by atoms with E-state index in [1.54, 1.807) is 33.3 Å². The van der Waals surface area contributed by atoms with E-state index >= 15 is 0 Å². The van der Waals surface area contributed by atoms with Gasteiger partial charge in [-0.2, -0.15) is 0 Å². The first kappa shape index (κ1) is 24.2. The van der Waals surface area contributed by atoms with E-state index in [0.29, 0.717) is 40.3 Å². The summed E-state index contributed by atoms with van der Waals surface area (Å²) in [5.41, 5.74) is 3.90. The van der Waals surface area contributed by atoms with E-state index in [-0.39, 0.29) is 29.6 Å². The van der Waals surface area contributed by atoms with Crippen LogP contribution in [0, 0.1) is 0 Å². The molecule has 8 heteroatoms. The number of aromatic hydroxyl groups is 1. The molecule has 35 heavy (non-hydrogen) atoms. The van der Waals surface area contributed by atoms with Crippen LogP contribution in [-0.2, 0) is 14.3 Å². The molecule has 2 N–H and O–H groups in total. The number of rotatable bonds is 6. The number of hydrogen-bond acceptors (Lipinski definition) is 8. The van der Waals surface area contributed by atoms with Gasteiger partial charge >= 0.3 is 5.97 Å². The van der Waals surface area contributed by atoms with E-state index in [1.165, 1.54) is 20.3 Å². The zero-order valence-electron chi connectivity index (χ0n) is 20.4. The topological polar surface area (TPSA) is 103 Å². The highest BCUT2D eigenvalue weighted by Gasteiger charge is 2.41. The number of esters is 1. The summed E-state index contributed by atoms with van der Waals surface area (Å²) in [5, 5.41) is 13.4. The average Bonchev–Trinajstić information content (AvgIpc) is 2.87. The summed E-state index contributed by atoms with van der Waals surface area (Å²) in [5.74, 6) is 0.157. The van der Waals surface area contributed by atoms with Crippen LogP contribution in [0.5, 0.6) is 23.0 Å². The number of nitrogens with one attached hydrogen (secondary N) is 1. The van der Waals surface area contributed by atoms with Crippen LogP contribution in [0.15, 0.2) is 58.9 Å². The second kappa shape index (κ2) is 9.74. The zero-order valence-corrected chi connectivity index (χ0v) is 20.4. The van der Waals surface area contributed by atoms with Gasteiger partial charge in [0, 0.05) is 29.3 Å². The molecule has 0 amide bonds. The van der Waals surface area contributed by atoms with Crippen LogP contribution >= 0.6 is 0 Å². The Labute approximate surface area is 204 Å². The maximum Gasteiger partial charge on any atom is 0.336 e. The van der Waals surface area contributed by atoms with Crippen LogP contribution in [-0.4, -0.2) is 45.3 Å². The maximum atomic E-state index is 13.6. The van der Waals surface area contributed by atoms with E-state index in [9.17, 15) is 14.7 Å². The molecule has 1 heterocycles. The van der Waals surface area contributed by atoms with Gasteiger partial charge in [-0.05, 0) is 54.7 Å². The predicted octanol–water partition coefficient (Wildman–Crippen LogP) is 3.95. The summed E-state index contributed by atoms with van der Waals surface area (Å²) in [6, 6.07) is 10.5. The van der Waals surface area contributed by atoms with Gasteiger partial charge in [0.25, 0.3) is 0 Å². The Bertz CT molecular complexity index is 1240. The third-order valence-electron chi connectivity index (χ3n) is 6.65. The summed E-state index contributed by atoms with van der Waals surface area (Å²) < 4.78 is 21.1. The molecule has 1 aliphatic heterocycles. The fourth-order valence-corrected chi connectivity index (χ4v) is 4.97. The highest BCUT2D eigenvalue weighted by molar-refractivity contribution is 6.04. The van der Waals surface area contributed by atoms with Crippen LogP contribution in [0.2, 0.25) is 0 Å². The summed E-state index contributed by atoms with van der Waals surface area (Å²) in [4.78, 5) is 26.5. The molecule has 2 aromatic rings. The molecular weight excluding hydrogens is 450 g/mol. The summed E-state index contributed by atoms with van der Waals surface area (Å²) in [7, 11) is 5.93. The van der Waals surface area contributed by atoms with Crippen LogP contribution in [0.4, 0.5) is 0 Å². The number of dihydropyridines is 1. The van der Waals surface area contributed by atoms with Crippen molar-refractivity contribution in [1.29, 1.82) is 0 Å². The van der Waals surface area contributed by atoms with Crippen LogP contribution in [0.1, 0.15) is 42.7 Å². The monoisotopic (exact) mass is 479 g/mol. The highest BCUT2D eigenvalue weighted by Crippen LogP contribution is 2.47. The van der Waals surface area contributed by atoms with E-state index in [1.807, 2.05) is 18.2 Å². The minimum Gasteiger partial charge on any atom is -0.504 e. The summed E-state index contributed by atoms with van der Waals surface area (Å²) in [6.45, 7) is 1.80. The third kappa shape index (κ3) is 4.32. The average molecular weight is 480 g/mol. The van der Waals surface area contributed by atoms with Gasteiger partial charge in [0.2, 0.25) is 0 Å². The molecule has 0 bridgehead atoms. The van der Waals surface area contributed by atoms with Crippen molar-refractivity contribution in [2.75, 3.05) is 28.4 Å². The van der Waals surface area contributed by atoms with E-state index < -0.39 is 11.9 Å².